The molecule has 10 heteroatoms. The summed E-state index contributed by atoms with van der Waals surface area (Å²) in [5, 5.41) is 13.6. The normalized spacial score (nSPS) is 21.2. The molecular formula is C32H33F3N2O5. The van der Waals surface area contributed by atoms with Gasteiger partial charge in [0.2, 0.25) is 5.72 Å². The van der Waals surface area contributed by atoms with Crippen molar-refractivity contribution in [3.05, 3.63) is 95.1 Å². The number of aromatic hydroxyl groups is 1. The van der Waals surface area contributed by atoms with Gasteiger partial charge in [-0.2, -0.15) is 13.2 Å². The van der Waals surface area contributed by atoms with Crippen molar-refractivity contribution in [3.8, 4) is 11.5 Å². The minimum absolute atomic E-state index is 0.0393. The summed E-state index contributed by atoms with van der Waals surface area (Å²) in [4.78, 5) is 27.5. The van der Waals surface area contributed by atoms with E-state index in [1.54, 1.807) is 54.6 Å². The van der Waals surface area contributed by atoms with Crippen molar-refractivity contribution in [3.63, 3.8) is 0 Å². The molecule has 222 valence electrons. The Kier molecular flexibility index (Phi) is 8.45. The molecule has 2 aliphatic heterocycles. The van der Waals surface area contributed by atoms with Crippen LogP contribution < -0.4 is 10.1 Å². The molecule has 0 bridgehead atoms. The number of fused-ring (bicyclic) bond motifs is 1. The lowest BCUT2D eigenvalue weighted by Gasteiger charge is -2.47. The molecule has 3 aromatic rings. The Labute approximate surface area is 242 Å². The summed E-state index contributed by atoms with van der Waals surface area (Å²) in [5.74, 6) is -2.50. The number of nitrogens with zero attached hydrogens (tertiary/aromatic N) is 1. The molecule has 3 atom stereocenters. The van der Waals surface area contributed by atoms with E-state index >= 15 is 0 Å². The zero-order valence-corrected chi connectivity index (χ0v) is 23.2. The molecule has 0 saturated carbocycles. The average molecular weight is 583 g/mol. The molecule has 0 aromatic heterocycles. The number of amides is 1. The van der Waals surface area contributed by atoms with Gasteiger partial charge in [-0.05, 0) is 86.3 Å². The summed E-state index contributed by atoms with van der Waals surface area (Å²) in [6, 6.07) is 19.3. The van der Waals surface area contributed by atoms with Crippen LogP contribution in [0.5, 0.6) is 11.5 Å². The molecule has 0 radical (unpaired) electrons. The highest BCUT2D eigenvalue weighted by molar-refractivity contribution is 5.95. The molecule has 42 heavy (non-hydrogen) atoms. The minimum atomic E-state index is -5.30. The van der Waals surface area contributed by atoms with E-state index in [2.05, 4.69) is 5.32 Å². The van der Waals surface area contributed by atoms with Crippen LogP contribution in [0.1, 0.15) is 53.2 Å². The molecule has 1 fully saturated rings. The SMILES string of the molecule is CC(Oc1ccc(CC2(OC(=O)C(F)(F)F)c3ccc(O)cc3CCN2C(=O)c2ccccc2)cc1)C1CCCCN1. The predicted molar refractivity (Wildman–Crippen MR) is 149 cm³/mol. The van der Waals surface area contributed by atoms with Gasteiger partial charge in [0.25, 0.3) is 5.91 Å². The van der Waals surface area contributed by atoms with Crippen LogP contribution in [-0.4, -0.2) is 53.3 Å². The van der Waals surface area contributed by atoms with Crippen molar-refractivity contribution in [2.75, 3.05) is 13.1 Å². The highest BCUT2D eigenvalue weighted by Gasteiger charge is 2.53. The van der Waals surface area contributed by atoms with Crippen LogP contribution in [-0.2, 0) is 28.1 Å². The van der Waals surface area contributed by atoms with Gasteiger partial charge >= 0.3 is 12.1 Å². The Morgan fingerprint density at radius 2 is 1.81 bits per heavy atom. The third-order valence-corrected chi connectivity index (χ3v) is 7.91. The van der Waals surface area contributed by atoms with Crippen LogP contribution in [0.2, 0.25) is 0 Å². The number of esters is 1. The number of hydrogen-bond acceptors (Lipinski definition) is 6. The quantitative estimate of drug-likeness (QED) is 0.358. The number of rotatable bonds is 7. The second kappa shape index (κ2) is 12.1. The average Bonchev–Trinajstić information content (AvgIpc) is 2.98. The Hall–Kier alpha value is -4.05. The molecule has 2 heterocycles. The molecule has 0 spiro atoms. The molecule has 2 N–H and O–H groups in total. The van der Waals surface area contributed by atoms with Gasteiger partial charge in [0.1, 0.15) is 17.6 Å². The molecular weight excluding hydrogens is 549 g/mol. The van der Waals surface area contributed by atoms with Crippen molar-refractivity contribution >= 4 is 11.9 Å². The summed E-state index contributed by atoms with van der Waals surface area (Å²) >= 11 is 0. The maximum atomic E-state index is 13.8. The largest absolute Gasteiger partial charge is 0.508 e. The van der Waals surface area contributed by atoms with E-state index in [1.165, 1.54) is 23.1 Å². The van der Waals surface area contributed by atoms with Crippen molar-refractivity contribution in [1.29, 1.82) is 0 Å². The number of hydrogen-bond donors (Lipinski definition) is 2. The standard InChI is InChI=1S/C32H33F3N2O5/c1-21(28-9-5-6-17-36-28)41-26-13-10-22(11-14-26)20-31(42-30(40)32(33,34)35)27-15-12-25(38)19-24(27)16-18-37(31)29(39)23-7-3-2-4-8-23/h2-4,7-8,10-15,19,21,28,36,38H,5-6,9,16-18,20H2,1H3. The van der Waals surface area contributed by atoms with Gasteiger partial charge in [-0.15, -0.1) is 0 Å². The molecule has 0 aliphatic carbocycles. The molecule has 5 rings (SSSR count). The van der Waals surface area contributed by atoms with E-state index in [0.29, 0.717) is 16.9 Å². The molecule has 3 aromatic carbocycles. The summed E-state index contributed by atoms with van der Waals surface area (Å²) in [5.41, 5.74) is -0.696. The third-order valence-electron chi connectivity index (χ3n) is 7.91. The number of alkyl halides is 3. The fourth-order valence-corrected chi connectivity index (χ4v) is 5.82. The van der Waals surface area contributed by atoms with Crippen molar-refractivity contribution < 1.29 is 37.3 Å². The van der Waals surface area contributed by atoms with Crippen molar-refractivity contribution in [2.24, 2.45) is 0 Å². The van der Waals surface area contributed by atoms with E-state index in [-0.39, 0.29) is 48.4 Å². The zero-order valence-electron chi connectivity index (χ0n) is 23.2. The van der Waals surface area contributed by atoms with E-state index in [9.17, 15) is 27.9 Å². The fraction of sp³-hybridized carbons (Fsp3) is 0.375. The van der Waals surface area contributed by atoms with Crippen molar-refractivity contribution in [1.82, 2.24) is 10.2 Å². The number of piperidine rings is 1. The maximum Gasteiger partial charge on any atom is 0.491 e. The smallest absolute Gasteiger partial charge is 0.491 e. The number of carbonyl (C=O) groups excluding carboxylic acids is 2. The number of phenolic OH excluding ortho intramolecular Hbond substituents is 1. The summed E-state index contributed by atoms with van der Waals surface area (Å²) in [6.07, 6.45) is -2.15. The van der Waals surface area contributed by atoms with Gasteiger partial charge in [0.15, 0.2) is 0 Å². The highest BCUT2D eigenvalue weighted by atomic mass is 19.4. The van der Waals surface area contributed by atoms with E-state index < -0.39 is 23.8 Å². The number of carbonyl (C=O) groups is 2. The maximum absolute atomic E-state index is 13.8. The summed E-state index contributed by atoms with van der Waals surface area (Å²) < 4.78 is 52.6. The van der Waals surface area contributed by atoms with Crippen LogP contribution in [0.3, 0.4) is 0 Å². The highest BCUT2D eigenvalue weighted by Crippen LogP contribution is 2.43. The first-order chi connectivity index (χ1) is 20.1. The number of benzene rings is 3. The van der Waals surface area contributed by atoms with Crippen LogP contribution in [0, 0.1) is 0 Å². The first kappa shape index (κ1) is 29.4. The molecule has 3 unspecified atom stereocenters. The van der Waals surface area contributed by atoms with Crippen LogP contribution >= 0.6 is 0 Å². The fourth-order valence-electron chi connectivity index (χ4n) is 5.82. The van der Waals surface area contributed by atoms with E-state index in [4.69, 9.17) is 9.47 Å². The summed E-state index contributed by atoms with van der Waals surface area (Å²) in [7, 11) is 0. The summed E-state index contributed by atoms with van der Waals surface area (Å²) in [6.45, 7) is 2.89. The number of halogens is 3. The van der Waals surface area contributed by atoms with E-state index in [1.807, 2.05) is 6.92 Å². The number of nitrogens with one attached hydrogen (secondary N) is 1. The van der Waals surface area contributed by atoms with Crippen LogP contribution in [0.4, 0.5) is 13.2 Å². The molecule has 7 nitrogen and oxygen atoms in total. The monoisotopic (exact) mass is 582 g/mol. The minimum Gasteiger partial charge on any atom is -0.508 e. The third kappa shape index (κ3) is 6.23. The first-order valence-corrected chi connectivity index (χ1v) is 14.1. The van der Waals surface area contributed by atoms with E-state index in [0.717, 1.165) is 25.8 Å². The second-order valence-corrected chi connectivity index (χ2v) is 10.8. The van der Waals surface area contributed by atoms with Crippen LogP contribution in [0.15, 0.2) is 72.8 Å². The second-order valence-electron chi connectivity index (χ2n) is 10.8. The Morgan fingerprint density at radius 3 is 2.48 bits per heavy atom. The van der Waals surface area contributed by atoms with Gasteiger partial charge in [-0.25, -0.2) is 4.79 Å². The predicted octanol–water partition coefficient (Wildman–Crippen LogP) is 5.50. The Balaban J connectivity index is 1.53. The Bertz CT molecular complexity index is 1410. The number of ether oxygens (including phenoxy) is 2. The number of phenols is 1. The lowest BCUT2D eigenvalue weighted by molar-refractivity contribution is -0.231. The van der Waals surface area contributed by atoms with Gasteiger partial charge in [0, 0.05) is 30.1 Å². The van der Waals surface area contributed by atoms with Crippen LogP contribution in [0.25, 0.3) is 0 Å². The van der Waals surface area contributed by atoms with Gasteiger partial charge in [0.05, 0.1) is 0 Å². The topological polar surface area (TPSA) is 88.1 Å². The lowest BCUT2D eigenvalue weighted by atomic mass is 9.84. The lowest BCUT2D eigenvalue weighted by Crippen LogP contribution is -2.58. The van der Waals surface area contributed by atoms with Crippen molar-refractivity contribution in [2.45, 2.75) is 63.1 Å². The van der Waals surface area contributed by atoms with Gasteiger partial charge in [-0.1, -0.05) is 36.8 Å². The van der Waals surface area contributed by atoms with Gasteiger partial charge < -0.3 is 19.9 Å². The zero-order chi connectivity index (χ0) is 29.9. The molecule has 2 aliphatic rings. The Morgan fingerprint density at radius 1 is 1.07 bits per heavy atom. The first-order valence-electron chi connectivity index (χ1n) is 14.1. The van der Waals surface area contributed by atoms with Gasteiger partial charge in [-0.3, -0.25) is 9.69 Å². The molecule has 1 saturated heterocycles. The molecule has 1 amide bonds.